The van der Waals surface area contributed by atoms with Crippen molar-refractivity contribution in [3.63, 3.8) is 0 Å². The first kappa shape index (κ1) is 11.6. The highest BCUT2D eigenvalue weighted by molar-refractivity contribution is 9.09. The number of carbonyl (C=O) groups excluding carboxylic acids is 1. The van der Waals surface area contributed by atoms with Crippen molar-refractivity contribution in [1.82, 2.24) is 0 Å². The number of ketones is 1. The van der Waals surface area contributed by atoms with E-state index < -0.39 is 22.2 Å². The van der Waals surface area contributed by atoms with Crippen LogP contribution in [0.3, 0.4) is 0 Å². The summed E-state index contributed by atoms with van der Waals surface area (Å²) in [4.78, 5) is 20.9. The van der Waals surface area contributed by atoms with E-state index in [1.165, 1.54) is 0 Å². The number of nitro benzene ring substituents is 1. The monoisotopic (exact) mass is 276 g/mol. The SMILES string of the molecule is Nc1cc(F)c([N+](=O)[O-])c(C(=O)CBr)c1. The number of rotatable bonds is 3. The van der Waals surface area contributed by atoms with Crippen LogP contribution in [-0.2, 0) is 0 Å². The maximum Gasteiger partial charge on any atom is 0.315 e. The smallest absolute Gasteiger partial charge is 0.315 e. The molecule has 0 spiro atoms. The van der Waals surface area contributed by atoms with E-state index in [0.717, 1.165) is 12.1 Å². The molecule has 1 aromatic rings. The quantitative estimate of drug-likeness (QED) is 0.300. The van der Waals surface area contributed by atoms with E-state index in [4.69, 9.17) is 5.73 Å². The van der Waals surface area contributed by atoms with E-state index in [2.05, 4.69) is 15.9 Å². The second-order valence-electron chi connectivity index (χ2n) is 2.71. The molecule has 1 rings (SSSR count). The predicted octanol–water partition coefficient (Wildman–Crippen LogP) is 1.89. The van der Waals surface area contributed by atoms with E-state index in [1.54, 1.807) is 0 Å². The Kier molecular flexibility index (Phi) is 3.35. The van der Waals surface area contributed by atoms with Crippen molar-refractivity contribution in [2.24, 2.45) is 0 Å². The maximum absolute atomic E-state index is 13.2. The lowest BCUT2D eigenvalue weighted by atomic mass is 10.1. The van der Waals surface area contributed by atoms with Crippen molar-refractivity contribution < 1.29 is 14.1 Å². The van der Waals surface area contributed by atoms with Gasteiger partial charge in [0.2, 0.25) is 5.82 Å². The Hall–Kier alpha value is -1.50. The summed E-state index contributed by atoms with van der Waals surface area (Å²) in [6.45, 7) is 0. The summed E-state index contributed by atoms with van der Waals surface area (Å²) in [6, 6.07) is 1.90. The highest BCUT2D eigenvalue weighted by Gasteiger charge is 2.25. The Morgan fingerprint density at radius 3 is 2.67 bits per heavy atom. The number of nitrogen functional groups attached to an aromatic ring is 1. The van der Waals surface area contributed by atoms with Gasteiger partial charge < -0.3 is 5.73 Å². The Labute approximate surface area is 92.3 Å². The number of nitro groups is 1. The standard InChI is InChI=1S/C8H6BrFN2O3/c9-3-7(13)5-1-4(11)2-6(10)8(5)12(14)15/h1-2H,3,11H2. The molecular weight excluding hydrogens is 271 g/mol. The van der Waals surface area contributed by atoms with E-state index in [0.29, 0.717) is 0 Å². The second-order valence-corrected chi connectivity index (χ2v) is 3.27. The average molecular weight is 277 g/mol. The van der Waals surface area contributed by atoms with Crippen LogP contribution in [0.15, 0.2) is 12.1 Å². The van der Waals surface area contributed by atoms with Crippen molar-refractivity contribution in [3.05, 3.63) is 33.6 Å². The molecule has 15 heavy (non-hydrogen) atoms. The van der Waals surface area contributed by atoms with E-state index in [-0.39, 0.29) is 16.6 Å². The molecule has 0 aromatic heterocycles. The van der Waals surface area contributed by atoms with Crippen LogP contribution < -0.4 is 5.73 Å². The van der Waals surface area contributed by atoms with E-state index >= 15 is 0 Å². The number of hydrogen-bond acceptors (Lipinski definition) is 4. The van der Waals surface area contributed by atoms with Gasteiger partial charge in [-0.15, -0.1) is 0 Å². The Morgan fingerprint density at radius 1 is 1.60 bits per heavy atom. The molecule has 0 aliphatic carbocycles. The number of anilines is 1. The topological polar surface area (TPSA) is 86.2 Å². The predicted molar refractivity (Wildman–Crippen MR) is 55.6 cm³/mol. The van der Waals surface area contributed by atoms with Crippen LogP contribution in [0.2, 0.25) is 0 Å². The minimum atomic E-state index is -1.11. The third kappa shape index (κ3) is 2.30. The molecular formula is C8H6BrFN2O3. The van der Waals surface area contributed by atoms with Crippen LogP contribution in [0.4, 0.5) is 15.8 Å². The summed E-state index contributed by atoms with van der Waals surface area (Å²) in [6.07, 6.45) is 0. The van der Waals surface area contributed by atoms with Gasteiger partial charge in [-0.1, -0.05) is 15.9 Å². The third-order valence-corrected chi connectivity index (χ3v) is 2.20. The maximum atomic E-state index is 13.2. The molecule has 0 saturated heterocycles. The van der Waals surface area contributed by atoms with Gasteiger partial charge in [0.25, 0.3) is 0 Å². The van der Waals surface area contributed by atoms with Crippen LogP contribution in [-0.4, -0.2) is 16.0 Å². The molecule has 0 amide bonds. The molecule has 0 heterocycles. The van der Waals surface area contributed by atoms with Crippen LogP contribution in [0, 0.1) is 15.9 Å². The fourth-order valence-electron chi connectivity index (χ4n) is 1.09. The molecule has 0 bridgehead atoms. The molecule has 0 unspecified atom stereocenters. The zero-order valence-electron chi connectivity index (χ0n) is 7.37. The highest BCUT2D eigenvalue weighted by atomic mass is 79.9. The van der Waals surface area contributed by atoms with Gasteiger partial charge >= 0.3 is 5.69 Å². The highest BCUT2D eigenvalue weighted by Crippen LogP contribution is 2.26. The van der Waals surface area contributed by atoms with Gasteiger partial charge in [0.15, 0.2) is 5.78 Å². The van der Waals surface area contributed by atoms with Crippen molar-refractivity contribution in [3.8, 4) is 0 Å². The molecule has 1 aromatic carbocycles. The zero-order valence-corrected chi connectivity index (χ0v) is 8.95. The second kappa shape index (κ2) is 4.35. The summed E-state index contributed by atoms with van der Waals surface area (Å²) in [5.74, 6) is -1.70. The van der Waals surface area contributed by atoms with E-state index in [9.17, 15) is 19.3 Å². The van der Waals surface area contributed by atoms with Gasteiger partial charge in [-0.25, -0.2) is 0 Å². The minimum absolute atomic E-state index is 0.0256. The minimum Gasteiger partial charge on any atom is -0.399 e. The fraction of sp³-hybridized carbons (Fsp3) is 0.125. The summed E-state index contributed by atoms with van der Waals surface area (Å²) < 4.78 is 13.2. The number of Topliss-reactive ketones (excluding diaryl/α,β-unsaturated/α-hetero) is 1. The van der Waals surface area contributed by atoms with Gasteiger partial charge in [-0.3, -0.25) is 14.9 Å². The van der Waals surface area contributed by atoms with Gasteiger partial charge in [0, 0.05) is 11.8 Å². The fourth-order valence-corrected chi connectivity index (χ4v) is 1.39. The molecule has 0 radical (unpaired) electrons. The van der Waals surface area contributed by atoms with Crippen molar-refractivity contribution in [1.29, 1.82) is 0 Å². The van der Waals surface area contributed by atoms with Gasteiger partial charge in [-0.05, 0) is 6.07 Å². The first-order chi connectivity index (χ1) is 6.97. The largest absolute Gasteiger partial charge is 0.399 e. The molecule has 2 N–H and O–H groups in total. The van der Waals surface area contributed by atoms with Crippen molar-refractivity contribution in [2.45, 2.75) is 0 Å². The number of benzene rings is 1. The Bertz CT molecular complexity index is 436. The molecule has 0 aliphatic rings. The number of carbonyl (C=O) groups is 1. The summed E-state index contributed by atoms with van der Waals surface area (Å²) in [7, 11) is 0. The lowest BCUT2D eigenvalue weighted by Gasteiger charge is -2.02. The molecule has 0 saturated carbocycles. The van der Waals surface area contributed by atoms with Crippen LogP contribution in [0.5, 0.6) is 0 Å². The molecule has 80 valence electrons. The summed E-state index contributed by atoms with van der Waals surface area (Å²) in [5.41, 5.74) is 4.10. The first-order valence-electron chi connectivity index (χ1n) is 3.80. The van der Waals surface area contributed by atoms with Crippen molar-refractivity contribution >= 4 is 33.1 Å². The normalized spacial score (nSPS) is 10.0. The lowest BCUT2D eigenvalue weighted by Crippen LogP contribution is -2.08. The van der Waals surface area contributed by atoms with Gasteiger partial charge in [-0.2, -0.15) is 4.39 Å². The molecule has 0 fully saturated rings. The Balaban J connectivity index is 3.46. The van der Waals surface area contributed by atoms with Crippen LogP contribution in [0.25, 0.3) is 0 Å². The lowest BCUT2D eigenvalue weighted by molar-refractivity contribution is -0.387. The first-order valence-corrected chi connectivity index (χ1v) is 4.92. The van der Waals surface area contributed by atoms with Gasteiger partial charge in [0.1, 0.15) is 5.56 Å². The molecule has 0 aliphatic heterocycles. The number of hydrogen-bond donors (Lipinski definition) is 1. The van der Waals surface area contributed by atoms with E-state index in [1.807, 2.05) is 0 Å². The third-order valence-electron chi connectivity index (χ3n) is 1.69. The van der Waals surface area contributed by atoms with Crippen molar-refractivity contribution in [2.75, 3.05) is 11.1 Å². The van der Waals surface area contributed by atoms with Gasteiger partial charge in [0.05, 0.1) is 10.3 Å². The number of alkyl halides is 1. The molecule has 0 atom stereocenters. The molecule has 7 heteroatoms. The molecule has 5 nitrogen and oxygen atoms in total. The van der Waals surface area contributed by atoms with Crippen LogP contribution in [0.1, 0.15) is 10.4 Å². The number of nitrogens with zero attached hydrogens (tertiary/aromatic N) is 1. The Morgan fingerprint density at radius 2 is 2.20 bits per heavy atom. The zero-order chi connectivity index (χ0) is 11.6. The number of halogens is 2. The average Bonchev–Trinajstić information content (AvgIpc) is 2.14. The van der Waals surface area contributed by atoms with Crippen LogP contribution >= 0.6 is 15.9 Å². The summed E-state index contributed by atoms with van der Waals surface area (Å²) in [5, 5.41) is 10.4. The number of nitrogens with two attached hydrogens (primary N) is 1. The summed E-state index contributed by atoms with van der Waals surface area (Å²) >= 11 is 2.85.